The van der Waals surface area contributed by atoms with E-state index in [2.05, 4.69) is 21.6 Å². The van der Waals surface area contributed by atoms with Crippen LogP contribution in [0, 0.1) is 13.8 Å². The Labute approximate surface area is 204 Å². The molecule has 4 aliphatic rings. The molecule has 8 heteroatoms. The van der Waals surface area contributed by atoms with E-state index < -0.39 is 5.72 Å². The first-order valence-corrected chi connectivity index (χ1v) is 12.2. The Kier molecular flexibility index (Phi) is 5.11. The summed E-state index contributed by atoms with van der Waals surface area (Å²) in [5.41, 5.74) is 5.71. The largest absolute Gasteiger partial charge is 0.349 e. The van der Waals surface area contributed by atoms with Crippen LogP contribution in [0.25, 0.3) is 0 Å². The zero-order valence-electron chi connectivity index (χ0n) is 20.3. The number of ether oxygens (including phenoxy) is 1. The number of ketones is 2. The second kappa shape index (κ2) is 7.98. The molecule has 4 unspecified atom stereocenters. The molecule has 4 atom stereocenters. The van der Waals surface area contributed by atoms with Gasteiger partial charge in [-0.05, 0) is 54.7 Å². The topological polar surface area (TPSA) is 104 Å². The molecule has 1 aliphatic carbocycles. The number of anilines is 1. The maximum atomic E-state index is 13.2. The lowest BCUT2D eigenvalue weighted by Gasteiger charge is -2.29. The SMILES string of the molecule is Cc1ccc(NC(=O)N(C)Cc2cccc3c2CN(C2CCC(=O)C4NC4C2=O)C32CO2)cc1C. The lowest BCUT2D eigenvalue weighted by atomic mass is 9.99. The molecule has 6 rings (SSSR count). The van der Waals surface area contributed by atoms with Crippen LogP contribution in [-0.4, -0.2) is 59.2 Å². The molecule has 3 aliphatic heterocycles. The van der Waals surface area contributed by atoms with E-state index in [1.54, 1.807) is 11.9 Å². The summed E-state index contributed by atoms with van der Waals surface area (Å²) < 4.78 is 6.00. The molecule has 2 amide bonds. The van der Waals surface area contributed by atoms with Crippen LogP contribution in [0.4, 0.5) is 10.5 Å². The van der Waals surface area contributed by atoms with Gasteiger partial charge in [0.1, 0.15) is 0 Å². The van der Waals surface area contributed by atoms with Gasteiger partial charge >= 0.3 is 6.03 Å². The van der Waals surface area contributed by atoms with Gasteiger partial charge in [-0.15, -0.1) is 0 Å². The van der Waals surface area contributed by atoms with Crippen molar-refractivity contribution in [2.75, 3.05) is 19.0 Å². The van der Waals surface area contributed by atoms with Crippen molar-refractivity contribution < 1.29 is 19.1 Å². The normalized spacial score (nSPS) is 28.9. The third kappa shape index (κ3) is 3.67. The number of urea groups is 1. The highest BCUT2D eigenvalue weighted by Gasteiger charge is 2.62. The molecule has 1 spiro atoms. The molecule has 0 bridgehead atoms. The highest BCUT2D eigenvalue weighted by atomic mass is 16.6. The predicted octanol–water partition coefficient (Wildman–Crippen LogP) is 2.61. The Morgan fingerprint density at radius 3 is 2.74 bits per heavy atom. The van der Waals surface area contributed by atoms with E-state index in [-0.39, 0.29) is 35.7 Å². The van der Waals surface area contributed by atoms with Crippen molar-refractivity contribution in [2.45, 2.75) is 63.6 Å². The molecule has 3 heterocycles. The fourth-order valence-electron chi connectivity index (χ4n) is 5.66. The van der Waals surface area contributed by atoms with E-state index in [1.807, 2.05) is 44.2 Å². The summed E-state index contributed by atoms with van der Waals surface area (Å²) in [5, 5.41) is 6.03. The molecule has 2 aromatic carbocycles. The van der Waals surface area contributed by atoms with Crippen molar-refractivity contribution in [1.29, 1.82) is 0 Å². The molecule has 0 radical (unpaired) electrons. The lowest BCUT2D eigenvalue weighted by Crippen LogP contribution is -2.46. The maximum absolute atomic E-state index is 13.2. The van der Waals surface area contributed by atoms with Gasteiger partial charge in [-0.25, -0.2) is 4.79 Å². The first-order chi connectivity index (χ1) is 16.8. The molecule has 0 aromatic heterocycles. The maximum Gasteiger partial charge on any atom is 0.321 e. The minimum absolute atomic E-state index is 0.0926. The van der Waals surface area contributed by atoms with Gasteiger partial charge in [-0.2, -0.15) is 0 Å². The van der Waals surface area contributed by atoms with E-state index in [0.717, 1.165) is 27.9 Å². The second-order valence-electron chi connectivity index (χ2n) is 10.3. The van der Waals surface area contributed by atoms with Crippen LogP contribution in [0.5, 0.6) is 0 Å². The summed E-state index contributed by atoms with van der Waals surface area (Å²) in [6.45, 7) is 5.61. The fourth-order valence-corrected chi connectivity index (χ4v) is 5.66. The van der Waals surface area contributed by atoms with Crippen LogP contribution in [0.1, 0.15) is 40.7 Å². The summed E-state index contributed by atoms with van der Waals surface area (Å²) in [7, 11) is 1.78. The summed E-state index contributed by atoms with van der Waals surface area (Å²) >= 11 is 0. The van der Waals surface area contributed by atoms with E-state index in [4.69, 9.17) is 4.74 Å². The zero-order chi connectivity index (χ0) is 24.5. The van der Waals surface area contributed by atoms with Crippen molar-refractivity contribution >= 4 is 23.3 Å². The summed E-state index contributed by atoms with van der Waals surface area (Å²) in [5.74, 6) is 0.223. The molecule has 35 heavy (non-hydrogen) atoms. The average molecular weight is 475 g/mol. The predicted molar refractivity (Wildman–Crippen MR) is 130 cm³/mol. The number of hydrogen-bond acceptors (Lipinski definition) is 6. The first kappa shape index (κ1) is 22.4. The number of epoxide rings is 1. The number of carbonyl (C=O) groups is 3. The number of fused-ring (bicyclic) bond motifs is 3. The number of rotatable bonds is 4. The number of Topliss-reactive ketones (excluding diaryl/α,β-unsaturated/α-hetero) is 2. The van der Waals surface area contributed by atoms with E-state index in [9.17, 15) is 14.4 Å². The smallest absolute Gasteiger partial charge is 0.321 e. The van der Waals surface area contributed by atoms with Gasteiger partial charge < -0.3 is 15.0 Å². The van der Waals surface area contributed by atoms with Crippen LogP contribution in [0.2, 0.25) is 0 Å². The average Bonchev–Trinajstić information content (AvgIpc) is 3.74. The summed E-state index contributed by atoms with van der Waals surface area (Å²) in [6.07, 6.45) is 0.931. The van der Waals surface area contributed by atoms with Crippen molar-refractivity contribution in [2.24, 2.45) is 0 Å². The molecule has 1 saturated carbocycles. The number of benzene rings is 2. The van der Waals surface area contributed by atoms with Crippen LogP contribution in [0.3, 0.4) is 0 Å². The Balaban J connectivity index is 1.21. The van der Waals surface area contributed by atoms with Crippen LogP contribution in [-0.2, 0) is 33.1 Å². The van der Waals surface area contributed by atoms with E-state index in [1.165, 1.54) is 5.56 Å². The lowest BCUT2D eigenvalue weighted by molar-refractivity contribution is -0.126. The standard InChI is InChI=1S/C27H30N4O4/c1-15-7-8-18(11-16(15)2)28-26(34)30(3)12-17-5-4-6-20-19(17)13-31(27(20)14-35-27)21-9-10-22(32)23-24(29-23)25(21)33/h4-8,11,21,23-24,29H,9-10,12-14H2,1-3H3,(H,28,34). The van der Waals surface area contributed by atoms with E-state index in [0.29, 0.717) is 32.5 Å². The first-order valence-electron chi connectivity index (χ1n) is 12.2. The highest BCUT2D eigenvalue weighted by Crippen LogP contribution is 2.52. The number of aryl methyl sites for hydroxylation is 2. The number of amides is 2. The quantitative estimate of drug-likeness (QED) is 0.661. The monoisotopic (exact) mass is 474 g/mol. The van der Waals surface area contributed by atoms with E-state index >= 15 is 0 Å². The molecular weight excluding hydrogens is 444 g/mol. The Hall–Kier alpha value is -3.07. The van der Waals surface area contributed by atoms with Gasteiger partial charge in [0, 0.05) is 37.8 Å². The highest BCUT2D eigenvalue weighted by molar-refractivity contribution is 6.03. The number of carbonyl (C=O) groups excluding carboxylic acids is 3. The van der Waals surface area contributed by atoms with Crippen molar-refractivity contribution in [3.8, 4) is 0 Å². The summed E-state index contributed by atoms with van der Waals surface area (Å²) in [4.78, 5) is 42.2. The zero-order valence-corrected chi connectivity index (χ0v) is 20.3. The molecule has 2 saturated heterocycles. The van der Waals surface area contributed by atoms with Crippen LogP contribution < -0.4 is 10.6 Å². The Morgan fingerprint density at radius 1 is 1.20 bits per heavy atom. The van der Waals surface area contributed by atoms with Gasteiger partial charge in [0.2, 0.25) is 0 Å². The summed E-state index contributed by atoms with van der Waals surface area (Å²) in [6, 6.07) is 10.8. The Morgan fingerprint density at radius 2 is 2.00 bits per heavy atom. The molecule has 2 N–H and O–H groups in total. The minimum atomic E-state index is -0.594. The third-order valence-corrected chi connectivity index (χ3v) is 8.02. The Bertz CT molecular complexity index is 1250. The van der Waals surface area contributed by atoms with Gasteiger partial charge in [-0.3, -0.25) is 19.8 Å². The van der Waals surface area contributed by atoms with Gasteiger partial charge in [0.05, 0.1) is 24.7 Å². The molecule has 3 fully saturated rings. The number of nitrogens with one attached hydrogen (secondary N) is 2. The number of hydrogen-bond donors (Lipinski definition) is 2. The minimum Gasteiger partial charge on any atom is -0.349 e. The van der Waals surface area contributed by atoms with Crippen molar-refractivity contribution in [3.05, 3.63) is 64.2 Å². The van der Waals surface area contributed by atoms with Crippen LogP contribution >= 0.6 is 0 Å². The molecular formula is C27H30N4O4. The van der Waals surface area contributed by atoms with Crippen LogP contribution in [0.15, 0.2) is 36.4 Å². The fraction of sp³-hybridized carbons (Fsp3) is 0.444. The second-order valence-corrected chi connectivity index (χ2v) is 10.3. The number of nitrogens with zero attached hydrogens (tertiary/aromatic N) is 2. The molecule has 182 valence electrons. The molecule has 2 aromatic rings. The third-order valence-electron chi connectivity index (χ3n) is 8.02. The van der Waals surface area contributed by atoms with Gasteiger partial charge in [0.25, 0.3) is 0 Å². The van der Waals surface area contributed by atoms with Gasteiger partial charge in [-0.1, -0.05) is 24.3 Å². The van der Waals surface area contributed by atoms with Crippen molar-refractivity contribution in [3.63, 3.8) is 0 Å². The molecule has 8 nitrogen and oxygen atoms in total. The van der Waals surface area contributed by atoms with Crippen molar-refractivity contribution in [1.82, 2.24) is 15.1 Å². The van der Waals surface area contributed by atoms with Gasteiger partial charge in [0.15, 0.2) is 17.3 Å².